The normalized spacial score (nSPS) is 18.1. The molecule has 0 spiro atoms. The predicted octanol–water partition coefficient (Wildman–Crippen LogP) is -0.0147. The highest BCUT2D eigenvalue weighted by atomic mass is 16.6. The molecule has 2 rings (SSSR count). The van der Waals surface area contributed by atoms with E-state index in [0.29, 0.717) is 6.42 Å². The van der Waals surface area contributed by atoms with Crippen molar-refractivity contribution in [3.05, 3.63) is 39.9 Å². The number of carbonyl (C=O) groups excluding carboxylic acids is 2. The molecule has 1 aliphatic heterocycles. The van der Waals surface area contributed by atoms with Crippen LogP contribution < -0.4 is 10.6 Å². The van der Waals surface area contributed by atoms with Crippen molar-refractivity contribution in [1.29, 1.82) is 0 Å². The maximum atomic E-state index is 12.0. The standard InChI is InChI=1S/C14H15N3O6/c18-12-6-5-9(15-12)13(19)16-10(14(20)21)7-8-3-1-2-4-11(8)17(22)23/h1-4,9-10H,5-7H2,(H,15,18)(H,16,19)(H,20,21)/t9-,10-/m0/s1. The summed E-state index contributed by atoms with van der Waals surface area (Å²) in [5, 5.41) is 25.0. The number of rotatable bonds is 6. The number of carboxylic acid groups (broad SMARTS) is 1. The molecule has 1 aromatic carbocycles. The summed E-state index contributed by atoms with van der Waals surface area (Å²) in [7, 11) is 0. The van der Waals surface area contributed by atoms with E-state index in [1.54, 1.807) is 6.07 Å². The van der Waals surface area contributed by atoms with E-state index in [1.165, 1.54) is 18.2 Å². The summed E-state index contributed by atoms with van der Waals surface area (Å²) in [5.74, 6) is -2.18. The molecule has 1 aliphatic rings. The molecule has 1 saturated heterocycles. The molecule has 23 heavy (non-hydrogen) atoms. The van der Waals surface area contributed by atoms with E-state index < -0.39 is 28.9 Å². The lowest BCUT2D eigenvalue weighted by atomic mass is 10.0. The average molecular weight is 321 g/mol. The van der Waals surface area contributed by atoms with Crippen LogP contribution in [0.4, 0.5) is 5.69 Å². The van der Waals surface area contributed by atoms with Gasteiger partial charge in [0.15, 0.2) is 0 Å². The Balaban J connectivity index is 2.11. The number of nitro groups is 1. The number of benzene rings is 1. The molecule has 1 fully saturated rings. The van der Waals surface area contributed by atoms with Gasteiger partial charge in [-0.25, -0.2) is 4.79 Å². The van der Waals surface area contributed by atoms with Gasteiger partial charge in [-0.1, -0.05) is 18.2 Å². The Kier molecular flexibility index (Phi) is 4.89. The molecule has 2 amide bonds. The van der Waals surface area contributed by atoms with Gasteiger partial charge in [0, 0.05) is 24.5 Å². The summed E-state index contributed by atoms with van der Waals surface area (Å²) < 4.78 is 0. The highest BCUT2D eigenvalue weighted by Gasteiger charge is 2.31. The van der Waals surface area contributed by atoms with Gasteiger partial charge in [-0.05, 0) is 6.42 Å². The Bertz CT molecular complexity index is 660. The fourth-order valence-corrected chi connectivity index (χ4v) is 2.36. The third-order valence-electron chi connectivity index (χ3n) is 3.54. The van der Waals surface area contributed by atoms with Crippen LogP contribution in [0, 0.1) is 10.1 Å². The number of carboxylic acids is 1. The van der Waals surface area contributed by atoms with Crippen molar-refractivity contribution >= 4 is 23.5 Å². The van der Waals surface area contributed by atoms with Crippen molar-refractivity contribution < 1.29 is 24.4 Å². The van der Waals surface area contributed by atoms with Gasteiger partial charge < -0.3 is 15.7 Å². The number of para-hydroxylation sites is 1. The van der Waals surface area contributed by atoms with E-state index in [4.69, 9.17) is 0 Å². The molecule has 1 aromatic rings. The molecule has 9 nitrogen and oxygen atoms in total. The summed E-state index contributed by atoms with van der Waals surface area (Å²) in [6.07, 6.45) is 0.279. The van der Waals surface area contributed by atoms with Crippen molar-refractivity contribution in [3.8, 4) is 0 Å². The van der Waals surface area contributed by atoms with Crippen molar-refractivity contribution in [2.45, 2.75) is 31.3 Å². The number of aliphatic carboxylic acids is 1. The van der Waals surface area contributed by atoms with E-state index >= 15 is 0 Å². The van der Waals surface area contributed by atoms with Gasteiger partial charge in [0.2, 0.25) is 11.8 Å². The van der Waals surface area contributed by atoms with Crippen LogP contribution >= 0.6 is 0 Å². The molecule has 0 unspecified atom stereocenters. The van der Waals surface area contributed by atoms with E-state index in [9.17, 15) is 29.6 Å². The maximum Gasteiger partial charge on any atom is 0.326 e. The van der Waals surface area contributed by atoms with Crippen LogP contribution in [0.3, 0.4) is 0 Å². The quantitative estimate of drug-likeness (QED) is 0.497. The van der Waals surface area contributed by atoms with Crippen molar-refractivity contribution in [2.75, 3.05) is 0 Å². The minimum atomic E-state index is -1.32. The van der Waals surface area contributed by atoms with Gasteiger partial charge in [0.1, 0.15) is 12.1 Å². The number of hydrogen-bond donors (Lipinski definition) is 3. The first-order chi connectivity index (χ1) is 10.9. The largest absolute Gasteiger partial charge is 0.480 e. The van der Waals surface area contributed by atoms with Gasteiger partial charge in [-0.2, -0.15) is 0 Å². The third kappa shape index (κ3) is 4.02. The van der Waals surface area contributed by atoms with Gasteiger partial charge in [-0.3, -0.25) is 19.7 Å². The van der Waals surface area contributed by atoms with Crippen LogP contribution in [0.25, 0.3) is 0 Å². The van der Waals surface area contributed by atoms with Crippen molar-refractivity contribution in [2.24, 2.45) is 0 Å². The number of nitrogens with zero attached hydrogens (tertiary/aromatic N) is 1. The van der Waals surface area contributed by atoms with Crippen molar-refractivity contribution in [1.82, 2.24) is 10.6 Å². The van der Waals surface area contributed by atoms with Crippen LogP contribution in [0.15, 0.2) is 24.3 Å². The Morgan fingerprint density at radius 3 is 2.70 bits per heavy atom. The monoisotopic (exact) mass is 321 g/mol. The fraction of sp³-hybridized carbons (Fsp3) is 0.357. The van der Waals surface area contributed by atoms with E-state index in [-0.39, 0.29) is 30.0 Å². The second-order valence-electron chi connectivity index (χ2n) is 5.15. The molecular formula is C14H15N3O6. The SMILES string of the molecule is O=C1CC[C@@H](C(=O)N[C@@H](Cc2ccccc2[N+](=O)[O-])C(=O)O)N1. The minimum Gasteiger partial charge on any atom is -0.480 e. The molecule has 0 saturated carbocycles. The molecule has 9 heteroatoms. The zero-order valence-corrected chi connectivity index (χ0v) is 12.0. The smallest absolute Gasteiger partial charge is 0.326 e. The van der Waals surface area contributed by atoms with E-state index in [2.05, 4.69) is 10.6 Å². The summed E-state index contributed by atoms with van der Waals surface area (Å²) in [6, 6.07) is 3.66. The lowest BCUT2D eigenvalue weighted by Crippen LogP contribution is -2.49. The molecule has 3 N–H and O–H groups in total. The highest BCUT2D eigenvalue weighted by molar-refractivity contribution is 5.92. The Morgan fingerprint density at radius 2 is 2.13 bits per heavy atom. The maximum absolute atomic E-state index is 12.0. The summed E-state index contributed by atoms with van der Waals surface area (Å²) in [6.45, 7) is 0. The third-order valence-corrected chi connectivity index (χ3v) is 3.54. The first-order valence-electron chi connectivity index (χ1n) is 6.93. The number of hydrogen-bond acceptors (Lipinski definition) is 5. The van der Waals surface area contributed by atoms with Gasteiger partial charge >= 0.3 is 5.97 Å². The summed E-state index contributed by atoms with van der Waals surface area (Å²) >= 11 is 0. The predicted molar refractivity (Wildman–Crippen MR) is 77.5 cm³/mol. The molecule has 0 aromatic heterocycles. The molecule has 2 atom stereocenters. The molecule has 1 heterocycles. The second-order valence-corrected chi connectivity index (χ2v) is 5.15. The first-order valence-corrected chi connectivity index (χ1v) is 6.93. The zero-order chi connectivity index (χ0) is 17.0. The van der Waals surface area contributed by atoms with E-state index in [1.807, 2.05) is 0 Å². The number of nitrogens with one attached hydrogen (secondary N) is 2. The zero-order valence-electron chi connectivity index (χ0n) is 12.0. The Labute approximate surface area is 130 Å². The number of amides is 2. The minimum absolute atomic E-state index is 0.206. The molecule has 0 bridgehead atoms. The van der Waals surface area contributed by atoms with E-state index in [0.717, 1.165) is 0 Å². The van der Waals surface area contributed by atoms with Crippen molar-refractivity contribution in [3.63, 3.8) is 0 Å². The molecule has 0 aliphatic carbocycles. The second kappa shape index (κ2) is 6.86. The number of carbonyl (C=O) groups is 3. The number of nitro benzene ring substituents is 1. The van der Waals surface area contributed by atoms with Crippen LogP contribution in [0.2, 0.25) is 0 Å². The Morgan fingerprint density at radius 1 is 1.43 bits per heavy atom. The topological polar surface area (TPSA) is 139 Å². The molecule has 0 radical (unpaired) electrons. The fourth-order valence-electron chi connectivity index (χ4n) is 2.36. The van der Waals surface area contributed by atoms with Gasteiger partial charge in [-0.15, -0.1) is 0 Å². The van der Waals surface area contributed by atoms with Crippen LogP contribution in [-0.4, -0.2) is 39.9 Å². The van der Waals surface area contributed by atoms with Gasteiger partial charge in [0.05, 0.1) is 4.92 Å². The highest BCUT2D eigenvalue weighted by Crippen LogP contribution is 2.19. The van der Waals surface area contributed by atoms with Crippen LogP contribution in [0.1, 0.15) is 18.4 Å². The van der Waals surface area contributed by atoms with Crippen LogP contribution in [0.5, 0.6) is 0 Å². The molecule has 122 valence electrons. The summed E-state index contributed by atoms with van der Waals surface area (Å²) in [5.41, 5.74) is 0.00262. The van der Waals surface area contributed by atoms with Crippen LogP contribution in [-0.2, 0) is 20.8 Å². The average Bonchev–Trinajstić information content (AvgIpc) is 2.93. The first kappa shape index (κ1) is 16.4. The lowest BCUT2D eigenvalue weighted by Gasteiger charge is -2.17. The lowest BCUT2D eigenvalue weighted by molar-refractivity contribution is -0.385. The summed E-state index contributed by atoms with van der Waals surface area (Å²) in [4.78, 5) is 44.8. The molecular weight excluding hydrogens is 306 g/mol. The van der Waals surface area contributed by atoms with Gasteiger partial charge in [0.25, 0.3) is 5.69 Å². The Hall–Kier alpha value is -2.97.